The van der Waals surface area contributed by atoms with Crippen LogP contribution in [0.4, 0.5) is 4.79 Å². The SMILES string of the molecule is C=C(CCN(CC(C)C)C(=O)OC(C)(C)C)C/C(C(=C)C)=C(C(C)=NC)\C(=C/C(C)[C@H]1CCC[C@@H](C#N)C1)C1CC1. The van der Waals surface area contributed by atoms with Crippen molar-refractivity contribution in [1.29, 1.82) is 5.26 Å². The van der Waals surface area contributed by atoms with E-state index in [-0.39, 0.29) is 12.0 Å². The van der Waals surface area contributed by atoms with Crippen LogP contribution in [0.25, 0.3) is 0 Å². The third-order valence-corrected chi connectivity index (χ3v) is 8.30. The molecule has 1 unspecified atom stereocenters. The van der Waals surface area contributed by atoms with Gasteiger partial charge in [-0.1, -0.05) is 57.6 Å². The number of rotatable bonds is 13. The molecule has 0 heterocycles. The Bertz CT molecular complexity index is 1080. The van der Waals surface area contributed by atoms with Gasteiger partial charge in [0.15, 0.2) is 0 Å². The maximum absolute atomic E-state index is 12.9. The molecule has 2 aliphatic carbocycles. The number of allylic oxidation sites excluding steroid dienone is 5. The van der Waals surface area contributed by atoms with Crippen molar-refractivity contribution >= 4 is 11.8 Å². The summed E-state index contributed by atoms with van der Waals surface area (Å²) in [7, 11) is 1.87. The van der Waals surface area contributed by atoms with Crippen molar-refractivity contribution in [2.24, 2.45) is 34.6 Å². The van der Waals surface area contributed by atoms with E-state index < -0.39 is 5.60 Å². The van der Waals surface area contributed by atoms with Crippen molar-refractivity contribution in [1.82, 2.24) is 4.90 Å². The molecule has 0 spiro atoms. The summed E-state index contributed by atoms with van der Waals surface area (Å²) in [5.74, 6) is 2.04. The van der Waals surface area contributed by atoms with Gasteiger partial charge in [-0.15, -0.1) is 0 Å². The average Bonchev–Trinajstić information content (AvgIpc) is 3.73. The molecule has 2 aliphatic rings. The second-order valence-corrected chi connectivity index (χ2v) is 13.9. The van der Waals surface area contributed by atoms with Gasteiger partial charge in [0, 0.05) is 37.3 Å². The van der Waals surface area contributed by atoms with E-state index in [1.165, 1.54) is 36.0 Å². The number of hydrogen-bond donors (Lipinski definition) is 0. The van der Waals surface area contributed by atoms with E-state index in [1.54, 1.807) is 0 Å². The van der Waals surface area contributed by atoms with E-state index in [0.29, 0.717) is 49.6 Å². The molecule has 0 N–H and O–H groups in total. The molecule has 0 aromatic heterocycles. The van der Waals surface area contributed by atoms with Crippen LogP contribution in [0.5, 0.6) is 0 Å². The zero-order chi connectivity index (χ0) is 30.9. The lowest BCUT2D eigenvalue weighted by molar-refractivity contribution is 0.0230. The predicted molar refractivity (Wildman–Crippen MR) is 173 cm³/mol. The molecule has 0 saturated heterocycles. The summed E-state index contributed by atoms with van der Waals surface area (Å²) in [6.45, 7) is 26.6. The summed E-state index contributed by atoms with van der Waals surface area (Å²) >= 11 is 0. The number of amides is 1. The van der Waals surface area contributed by atoms with Crippen LogP contribution < -0.4 is 0 Å². The van der Waals surface area contributed by atoms with Crippen LogP contribution in [0, 0.1) is 40.9 Å². The molecule has 228 valence electrons. The zero-order valence-corrected chi connectivity index (χ0v) is 27.6. The third-order valence-electron chi connectivity index (χ3n) is 8.30. The second kappa shape index (κ2) is 15.6. The lowest BCUT2D eigenvalue weighted by Gasteiger charge is -2.30. The molecular weight excluding hydrogens is 506 g/mol. The largest absolute Gasteiger partial charge is 0.444 e. The van der Waals surface area contributed by atoms with Crippen LogP contribution in [0.2, 0.25) is 0 Å². The maximum Gasteiger partial charge on any atom is 0.410 e. The normalized spacial score (nSPS) is 21.6. The van der Waals surface area contributed by atoms with E-state index in [9.17, 15) is 10.1 Å². The molecule has 41 heavy (non-hydrogen) atoms. The van der Waals surface area contributed by atoms with E-state index in [2.05, 4.69) is 64.9 Å². The number of hydrogen-bond acceptors (Lipinski definition) is 4. The van der Waals surface area contributed by atoms with E-state index in [1.807, 2.05) is 32.7 Å². The van der Waals surface area contributed by atoms with Gasteiger partial charge < -0.3 is 9.64 Å². The topological polar surface area (TPSA) is 65.7 Å². The molecule has 3 atom stereocenters. The highest BCUT2D eigenvalue weighted by Crippen LogP contribution is 2.45. The van der Waals surface area contributed by atoms with Crippen LogP contribution in [0.3, 0.4) is 0 Å². The quantitative estimate of drug-likeness (QED) is 0.127. The minimum atomic E-state index is -0.527. The van der Waals surface area contributed by atoms with Gasteiger partial charge in [0.2, 0.25) is 0 Å². The first kappa shape index (κ1) is 34.6. The molecule has 0 aromatic rings. The van der Waals surface area contributed by atoms with Crippen molar-refractivity contribution in [3.63, 3.8) is 0 Å². The first-order valence-corrected chi connectivity index (χ1v) is 15.8. The minimum absolute atomic E-state index is 0.188. The van der Waals surface area contributed by atoms with Gasteiger partial charge in [0.1, 0.15) is 5.60 Å². The fourth-order valence-corrected chi connectivity index (χ4v) is 5.88. The molecule has 0 aliphatic heterocycles. The van der Waals surface area contributed by atoms with Crippen LogP contribution in [0.1, 0.15) is 107 Å². The Morgan fingerprint density at radius 1 is 1.15 bits per heavy atom. The highest BCUT2D eigenvalue weighted by molar-refractivity contribution is 6.03. The smallest absolute Gasteiger partial charge is 0.410 e. The molecule has 2 saturated carbocycles. The summed E-state index contributed by atoms with van der Waals surface area (Å²) in [4.78, 5) is 19.4. The van der Waals surface area contributed by atoms with Gasteiger partial charge in [-0.3, -0.25) is 4.99 Å². The van der Waals surface area contributed by atoms with Crippen LogP contribution in [-0.2, 0) is 4.74 Å². The molecule has 0 aromatic carbocycles. The summed E-state index contributed by atoms with van der Waals surface area (Å²) in [6.07, 6.45) is 10.4. The second-order valence-electron chi connectivity index (χ2n) is 13.9. The number of carbonyl (C=O) groups excluding carboxylic acids is 1. The van der Waals surface area contributed by atoms with Gasteiger partial charge >= 0.3 is 6.09 Å². The highest BCUT2D eigenvalue weighted by atomic mass is 16.6. The average molecular weight is 564 g/mol. The van der Waals surface area contributed by atoms with Gasteiger partial charge in [-0.05, 0) is 114 Å². The Labute approximate surface area is 251 Å². The Morgan fingerprint density at radius 2 is 1.80 bits per heavy atom. The number of carbonyl (C=O) groups is 1. The number of ether oxygens (including phenoxy) is 1. The summed E-state index contributed by atoms with van der Waals surface area (Å²) in [5.41, 5.74) is 6.46. The third kappa shape index (κ3) is 11.3. The first-order chi connectivity index (χ1) is 19.2. The van der Waals surface area contributed by atoms with Crippen LogP contribution in [0.15, 0.2) is 52.1 Å². The van der Waals surface area contributed by atoms with E-state index in [0.717, 1.165) is 36.1 Å². The minimum Gasteiger partial charge on any atom is -0.444 e. The summed E-state index contributed by atoms with van der Waals surface area (Å²) in [6, 6.07) is 2.53. The van der Waals surface area contributed by atoms with Gasteiger partial charge in [0.25, 0.3) is 0 Å². The zero-order valence-electron chi connectivity index (χ0n) is 27.6. The Balaban J connectivity index is 2.35. The number of nitriles is 1. The predicted octanol–water partition coefficient (Wildman–Crippen LogP) is 9.48. The summed E-state index contributed by atoms with van der Waals surface area (Å²) in [5, 5.41) is 9.55. The molecule has 0 radical (unpaired) electrons. The van der Waals surface area contributed by atoms with Crippen LogP contribution in [-0.4, -0.2) is 42.4 Å². The van der Waals surface area contributed by atoms with Gasteiger partial charge in [0.05, 0.1) is 6.07 Å². The molecule has 2 fully saturated rings. The van der Waals surface area contributed by atoms with Crippen molar-refractivity contribution < 1.29 is 9.53 Å². The fourth-order valence-electron chi connectivity index (χ4n) is 5.88. The lowest BCUT2D eigenvalue weighted by atomic mass is 9.74. The van der Waals surface area contributed by atoms with Crippen molar-refractivity contribution in [2.75, 3.05) is 20.1 Å². The Kier molecular flexibility index (Phi) is 13.1. The Hall–Kier alpha value is -2.61. The van der Waals surface area contributed by atoms with Crippen molar-refractivity contribution in [3.8, 4) is 6.07 Å². The Morgan fingerprint density at radius 3 is 2.32 bits per heavy atom. The molecule has 2 rings (SSSR count). The van der Waals surface area contributed by atoms with Gasteiger partial charge in [-0.2, -0.15) is 5.26 Å². The van der Waals surface area contributed by atoms with Crippen molar-refractivity contribution in [3.05, 3.63) is 47.1 Å². The fraction of sp³-hybridized carbons (Fsp3) is 0.694. The maximum atomic E-state index is 12.9. The van der Waals surface area contributed by atoms with Crippen LogP contribution >= 0.6 is 0 Å². The molecule has 1 amide bonds. The monoisotopic (exact) mass is 563 g/mol. The molecule has 5 heteroatoms. The standard InChI is InChI=1S/C36H57N3O2/c1-24(2)23-39(35(40)41-36(8,9)10)18-17-26(5)19-32(25(3)4)34(28(7)38-11)33(30-15-16-30)20-27(6)31-14-12-13-29(21-31)22-37/h20,24,27,29-31H,3,5,12-19,21,23H2,1-2,4,6-11H3/b33-20-,34-32+,38-28?/t27?,29-,31+/m1/s1. The number of aliphatic imine (C=N–C) groups is 1. The lowest BCUT2D eigenvalue weighted by Crippen LogP contribution is -2.39. The van der Waals surface area contributed by atoms with E-state index in [4.69, 9.17) is 4.74 Å². The van der Waals surface area contributed by atoms with Gasteiger partial charge in [-0.25, -0.2) is 4.79 Å². The van der Waals surface area contributed by atoms with Crippen molar-refractivity contribution in [2.45, 2.75) is 112 Å². The molecule has 0 bridgehead atoms. The first-order valence-electron chi connectivity index (χ1n) is 15.8. The van der Waals surface area contributed by atoms with E-state index >= 15 is 0 Å². The summed E-state index contributed by atoms with van der Waals surface area (Å²) < 4.78 is 5.69. The highest BCUT2D eigenvalue weighted by Gasteiger charge is 2.33. The number of nitrogens with zero attached hydrogens (tertiary/aromatic N) is 3. The molecular formula is C36H57N3O2. The molecule has 5 nitrogen and oxygen atoms in total.